The van der Waals surface area contributed by atoms with Crippen molar-refractivity contribution in [1.29, 1.82) is 0 Å². The van der Waals surface area contributed by atoms with Crippen molar-refractivity contribution in [2.45, 2.75) is 0 Å². The standard InChI is InChI=1S/C11H17N3O3/c1-16-6-7-17-5-4-14-11(15)9-2-3-13-8-10(9)12/h2-3,8H,4-7,12H2,1H3,(H,14,15). The van der Waals surface area contributed by atoms with Crippen LogP contribution in [0.5, 0.6) is 0 Å². The van der Waals surface area contributed by atoms with Crippen LogP contribution < -0.4 is 11.1 Å². The molecule has 0 bridgehead atoms. The van der Waals surface area contributed by atoms with Gasteiger partial charge in [0.2, 0.25) is 0 Å². The minimum Gasteiger partial charge on any atom is -0.397 e. The molecule has 0 saturated carbocycles. The number of methoxy groups -OCH3 is 1. The number of aromatic nitrogens is 1. The molecular weight excluding hydrogens is 222 g/mol. The van der Waals surface area contributed by atoms with Crippen molar-refractivity contribution < 1.29 is 14.3 Å². The molecule has 1 heterocycles. The highest BCUT2D eigenvalue weighted by Crippen LogP contribution is 2.07. The van der Waals surface area contributed by atoms with Crippen molar-refractivity contribution in [3.63, 3.8) is 0 Å². The zero-order valence-electron chi connectivity index (χ0n) is 9.81. The van der Waals surface area contributed by atoms with E-state index >= 15 is 0 Å². The van der Waals surface area contributed by atoms with Gasteiger partial charge in [0, 0.05) is 19.9 Å². The van der Waals surface area contributed by atoms with E-state index < -0.39 is 0 Å². The number of ether oxygens (including phenoxy) is 2. The fraction of sp³-hybridized carbons (Fsp3) is 0.455. The number of rotatable bonds is 7. The van der Waals surface area contributed by atoms with Gasteiger partial charge in [0.05, 0.1) is 37.3 Å². The molecule has 0 aromatic carbocycles. The van der Waals surface area contributed by atoms with Crippen LogP contribution in [0, 0.1) is 0 Å². The van der Waals surface area contributed by atoms with Crippen LogP contribution in [0.4, 0.5) is 5.69 Å². The van der Waals surface area contributed by atoms with Crippen LogP contribution in [0.15, 0.2) is 18.5 Å². The summed E-state index contributed by atoms with van der Waals surface area (Å²) in [5, 5.41) is 2.70. The topological polar surface area (TPSA) is 86.5 Å². The van der Waals surface area contributed by atoms with E-state index in [0.717, 1.165) is 0 Å². The molecule has 0 spiro atoms. The van der Waals surface area contributed by atoms with Gasteiger partial charge in [-0.3, -0.25) is 9.78 Å². The summed E-state index contributed by atoms with van der Waals surface area (Å²) in [6.07, 6.45) is 2.98. The molecule has 94 valence electrons. The van der Waals surface area contributed by atoms with Crippen molar-refractivity contribution in [2.24, 2.45) is 0 Å². The number of amides is 1. The van der Waals surface area contributed by atoms with E-state index in [1.807, 2.05) is 0 Å². The highest BCUT2D eigenvalue weighted by Gasteiger charge is 2.07. The van der Waals surface area contributed by atoms with E-state index in [2.05, 4.69) is 10.3 Å². The van der Waals surface area contributed by atoms with Crippen molar-refractivity contribution in [3.8, 4) is 0 Å². The van der Waals surface area contributed by atoms with Gasteiger partial charge < -0.3 is 20.5 Å². The largest absolute Gasteiger partial charge is 0.397 e. The van der Waals surface area contributed by atoms with Crippen LogP contribution >= 0.6 is 0 Å². The van der Waals surface area contributed by atoms with Crippen LogP contribution in [0.3, 0.4) is 0 Å². The molecule has 3 N–H and O–H groups in total. The third-order valence-corrected chi connectivity index (χ3v) is 2.06. The number of anilines is 1. The normalized spacial score (nSPS) is 10.2. The summed E-state index contributed by atoms with van der Waals surface area (Å²) in [6, 6.07) is 1.58. The van der Waals surface area contributed by atoms with E-state index in [9.17, 15) is 4.79 Å². The van der Waals surface area contributed by atoms with Gasteiger partial charge in [-0.15, -0.1) is 0 Å². The first kappa shape index (κ1) is 13.4. The number of hydrogen-bond donors (Lipinski definition) is 2. The Morgan fingerprint density at radius 1 is 1.47 bits per heavy atom. The SMILES string of the molecule is COCCOCCNC(=O)c1ccncc1N. The van der Waals surface area contributed by atoms with Crippen LogP contribution in [-0.2, 0) is 9.47 Å². The zero-order valence-corrected chi connectivity index (χ0v) is 9.81. The number of nitrogen functional groups attached to an aromatic ring is 1. The lowest BCUT2D eigenvalue weighted by molar-refractivity contribution is 0.0693. The van der Waals surface area contributed by atoms with E-state index in [-0.39, 0.29) is 5.91 Å². The molecule has 0 aliphatic carbocycles. The number of pyridine rings is 1. The lowest BCUT2D eigenvalue weighted by Crippen LogP contribution is -2.28. The Kier molecular flexibility index (Phi) is 5.98. The van der Waals surface area contributed by atoms with Gasteiger partial charge in [-0.05, 0) is 6.07 Å². The molecule has 0 radical (unpaired) electrons. The summed E-state index contributed by atoms with van der Waals surface area (Å²) in [5.41, 5.74) is 6.41. The van der Waals surface area contributed by atoms with Crippen molar-refractivity contribution >= 4 is 11.6 Å². The highest BCUT2D eigenvalue weighted by molar-refractivity contribution is 5.98. The smallest absolute Gasteiger partial charge is 0.253 e. The van der Waals surface area contributed by atoms with Gasteiger partial charge in [-0.2, -0.15) is 0 Å². The van der Waals surface area contributed by atoms with Crippen LogP contribution in [-0.4, -0.2) is 44.4 Å². The summed E-state index contributed by atoms with van der Waals surface area (Å²) in [5.74, 6) is -0.222. The molecule has 0 saturated heterocycles. The van der Waals surface area contributed by atoms with E-state index in [0.29, 0.717) is 37.6 Å². The Labute approximate surface area is 100 Å². The summed E-state index contributed by atoms with van der Waals surface area (Å²) in [4.78, 5) is 15.5. The summed E-state index contributed by atoms with van der Waals surface area (Å²) in [7, 11) is 1.61. The van der Waals surface area contributed by atoms with Gasteiger partial charge >= 0.3 is 0 Å². The first-order valence-electron chi connectivity index (χ1n) is 5.30. The van der Waals surface area contributed by atoms with Gasteiger partial charge in [-0.25, -0.2) is 0 Å². The molecule has 6 nitrogen and oxygen atoms in total. The Morgan fingerprint density at radius 3 is 3.00 bits per heavy atom. The average Bonchev–Trinajstić information content (AvgIpc) is 2.34. The third-order valence-electron chi connectivity index (χ3n) is 2.06. The molecule has 1 aromatic heterocycles. The van der Waals surface area contributed by atoms with E-state index in [4.69, 9.17) is 15.2 Å². The summed E-state index contributed by atoms with van der Waals surface area (Å²) < 4.78 is 10.0. The van der Waals surface area contributed by atoms with Crippen molar-refractivity contribution in [1.82, 2.24) is 10.3 Å². The number of hydrogen-bond acceptors (Lipinski definition) is 5. The number of nitrogens with two attached hydrogens (primary N) is 1. The van der Waals surface area contributed by atoms with Crippen LogP contribution in [0.1, 0.15) is 10.4 Å². The van der Waals surface area contributed by atoms with Crippen LogP contribution in [0.25, 0.3) is 0 Å². The van der Waals surface area contributed by atoms with E-state index in [1.165, 1.54) is 12.4 Å². The maximum atomic E-state index is 11.7. The van der Waals surface area contributed by atoms with Crippen molar-refractivity contribution in [2.75, 3.05) is 39.2 Å². The quantitative estimate of drug-likeness (QED) is 0.657. The van der Waals surface area contributed by atoms with Gasteiger partial charge in [-0.1, -0.05) is 0 Å². The fourth-order valence-electron chi connectivity index (χ4n) is 1.19. The Balaban J connectivity index is 2.24. The molecule has 0 unspecified atom stereocenters. The van der Waals surface area contributed by atoms with Gasteiger partial charge in [0.15, 0.2) is 0 Å². The Hall–Kier alpha value is -1.66. The third kappa shape index (κ3) is 4.80. The summed E-state index contributed by atoms with van der Waals surface area (Å²) in [6.45, 7) is 1.94. The molecule has 17 heavy (non-hydrogen) atoms. The number of nitrogens with one attached hydrogen (secondary N) is 1. The maximum absolute atomic E-state index is 11.7. The average molecular weight is 239 g/mol. The minimum atomic E-state index is -0.222. The maximum Gasteiger partial charge on any atom is 0.253 e. The molecule has 6 heteroatoms. The second-order valence-electron chi connectivity index (χ2n) is 3.32. The molecule has 1 rings (SSSR count). The second-order valence-corrected chi connectivity index (χ2v) is 3.32. The number of carbonyl (C=O) groups is 1. The molecule has 1 aromatic rings. The monoisotopic (exact) mass is 239 g/mol. The fourth-order valence-corrected chi connectivity index (χ4v) is 1.19. The minimum absolute atomic E-state index is 0.222. The van der Waals surface area contributed by atoms with E-state index in [1.54, 1.807) is 13.2 Å². The van der Waals surface area contributed by atoms with Crippen molar-refractivity contribution in [3.05, 3.63) is 24.0 Å². The summed E-state index contributed by atoms with van der Waals surface area (Å²) >= 11 is 0. The molecule has 0 aliphatic rings. The van der Waals surface area contributed by atoms with Gasteiger partial charge in [0.1, 0.15) is 0 Å². The second kappa shape index (κ2) is 7.59. The number of carbonyl (C=O) groups excluding carboxylic acids is 1. The predicted molar refractivity (Wildman–Crippen MR) is 63.7 cm³/mol. The van der Waals surface area contributed by atoms with Crippen LogP contribution in [0.2, 0.25) is 0 Å². The first-order chi connectivity index (χ1) is 8.25. The molecule has 0 fully saturated rings. The lowest BCUT2D eigenvalue weighted by atomic mass is 10.2. The molecule has 0 atom stereocenters. The molecule has 1 amide bonds. The Morgan fingerprint density at radius 2 is 2.29 bits per heavy atom. The molecule has 0 aliphatic heterocycles. The number of nitrogens with zero attached hydrogens (tertiary/aromatic N) is 1. The van der Waals surface area contributed by atoms with Gasteiger partial charge in [0.25, 0.3) is 5.91 Å². The first-order valence-corrected chi connectivity index (χ1v) is 5.30. The predicted octanol–water partition coefficient (Wildman–Crippen LogP) is 0.0566. The Bertz CT molecular complexity index is 358. The lowest BCUT2D eigenvalue weighted by Gasteiger charge is -2.07. The molecular formula is C11H17N3O3. The zero-order chi connectivity index (χ0) is 12.5. The highest BCUT2D eigenvalue weighted by atomic mass is 16.5.